The zero-order chi connectivity index (χ0) is 15.6. The van der Waals surface area contributed by atoms with Gasteiger partial charge in [-0.2, -0.15) is 0 Å². The smallest absolute Gasteiger partial charge is 0.341 e. The lowest BCUT2D eigenvalue weighted by molar-refractivity contribution is -0.136. The molecule has 1 aromatic carbocycles. The Kier molecular flexibility index (Phi) is 4.46. The zero-order valence-corrected chi connectivity index (χ0v) is 12.8. The number of nitrogen functional groups attached to an aromatic ring is 1. The molecule has 0 aliphatic carbocycles. The molecule has 0 spiro atoms. The number of benzene rings is 1. The molecular weight excluding hydrogens is 342 g/mol. The number of urea groups is 1. The van der Waals surface area contributed by atoms with Gasteiger partial charge in [-0.05, 0) is 25.1 Å². The molecule has 21 heavy (non-hydrogen) atoms. The molecule has 3 amide bonds. The Morgan fingerprint density at radius 1 is 1.48 bits per heavy atom. The van der Waals surface area contributed by atoms with E-state index in [1.165, 1.54) is 13.0 Å². The van der Waals surface area contributed by atoms with Gasteiger partial charge in [0.25, 0.3) is 5.91 Å². The maximum Gasteiger partial charge on any atom is 0.341 e. The van der Waals surface area contributed by atoms with Gasteiger partial charge < -0.3 is 15.8 Å². The summed E-state index contributed by atoms with van der Waals surface area (Å²) in [5.74, 6) is -1.28. The van der Waals surface area contributed by atoms with Gasteiger partial charge in [0.05, 0.1) is 5.56 Å². The van der Waals surface area contributed by atoms with E-state index in [1.807, 2.05) is 0 Å². The summed E-state index contributed by atoms with van der Waals surface area (Å²) in [5, 5.41) is 2.51. The van der Waals surface area contributed by atoms with E-state index in [4.69, 9.17) is 10.5 Å². The fourth-order valence-electron chi connectivity index (χ4n) is 1.88. The molecule has 0 bridgehead atoms. The Morgan fingerprint density at radius 2 is 2.19 bits per heavy atom. The van der Waals surface area contributed by atoms with Crippen molar-refractivity contribution < 1.29 is 19.1 Å². The summed E-state index contributed by atoms with van der Waals surface area (Å²) in [5.41, 5.74) is 6.12. The van der Waals surface area contributed by atoms with Gasteiger partial charge in [0.15, 0.2) is 6.10 Å². The zero-order valence-electron chi connectivity index (χ0n) is 11.3. The maximum atomic E-state index is 12.0. The normalized spacial score (nSPS) is 15.5. The quantitative estimate of drug-likeness (QED) is 0.625. The summed E-state index contributed by atoms with van der Waals surface area (Å²) >= 11 is 3.23. The lowest BCUT2D eigenvalue weighted by atomic mass is 10.2. The number of esters is 1. The first-order chi connectivity index (χ1) is 9.90. The van der Waals surface area contributed by atoms with Gasteiger partial charge in [-0.25, -0.2) is 9.59 Å². The van der Waals surface area contributed by atoms with Gasteiger partial charge in [-0.3, -0.25) is 9.69 Å². The minimum atomic E-state index is -1.07. The van der Waals surface area contributed by atoms with E-state index >= 15 is 0 Å². The van der Waals surface area contributed by atoms with E-state index in [-0.39, 0.29) is 17.8 Å². The van der Waals surface area contributed by atoms with E-state index in [2.05, 4.69) is 21.2 Å². The van der Waals surface area contributed by atoms with Gasteiger partial charge in [0.2, 0.25) is 0 Å². The Hall–Kier alpha value is -2.09. The van der Waals surface area contributed by atoms with Crippen molar-refractivity contribution in [2.45, 2.75) is 13.0 Å². The van der Waals surface area contributed by atoms with Crippen molar-refractivity contribution in [3.8, 4) is 0 Å². The molecule has 0 saturated carbocycles. The van der Waals surface area contributed by atoms with Gasteiger partial charge >= 0.3 is 12.0 Å². The molecule has 0 aromatic heterocycles. The molecule has 8 heteroatoms. The third-order valence-electron chi connectivity index (χ3n) is 2.99. The summed E-state index contributed by atoms with van der Waals surface area (Å²) in [6.45, 7) is 2.07. The molecule has 1 heterocycles. The van der Waals surface area contributed by atoms with Crippen LogP contribution in [0.2, 0.25) is 0 Å². The summed E-state index contributed by atoms with van der Waals surface area (Å²) < 4.78 is 5.75. The highest BCUT2D eigenvalue weighted by Gasteiger charge is 2.32. The Labute approximate surface area is 129 Å². The monoisotopic (exact) mass is 355 g/mol. The van der Waals surface area contributed by atoms with Crippen LogP contribution in [0.1, 0.15) is 17.3 Å². The van der Waals surface area contributed by atoms with Crippen LogP contribution in [0.25, 0.3) is 0 Å². The first-order valence-electron chi connectivity index (χ1n) is 6.25. The van der Waals surface area contributed by atoms with Gasteiger partial charge in [0, 0.05) is 23.2 Å². The largest absolute Gasteiger partial charge is 0.449 e. The van der Waals surface area contributed by atoms with Crippen LogP contribution in [-0.4, -0.2) is 42.0 Å². The lowest BCUT2D eigenvalue weighted by Crippen LogP contribution is -2.41. The topological polar surface area (TPSA) is 102 Å². The summed E-state index contributed by atoms with van der Waals surface area (Å²) in [6, 6.07) is 4.28. The number of halogens is 1. The predicted molar refractivity (Wildman–Crippen MR) is 78.5 cm³/mol. The highest BCUT2D eigenvalue weighted by molar-refractivity contribution is 9.10. The third-order valence-corrected chi connectivity index (χ3v) is 3.48. The third kappa shape index (κ3) is 3.33. The number of nitrogens with two attached hydrogens (primary N) is 1. The van der Waals surface area contributed by atoms with E-state index < -0.39 is 24.0 Å². The van der Waals surface area contributed by atoms with Crippen LogP contribution in [-0.2, 0) is 9.53 Å². The van der Waals surface area contributed by atoms with Crippen molar-refractivity contribution in [1.29, 1.82) is 0 Å². The number of imide groups is 1. The second-order valence-electron chi connectivity index (χ2n) is 4.50. The Balaban J connectivity index is 2.06. The standard InChI is InChI=1S/C13H14BrN3O4/c1-7(11(18)17-5-4-16-13(17)20)21-12(19)9-6-8(14)2-3-10(9)15/h2-3,6-7H,4-5,15H2,1H3,(H,16,20). The molecular formula is C13H14BrN3O4. The second-order valence-corrected chi connectivity index (χ2v) is 5.42. The van der Waals surface area contributed by atoms with Crippen molar-refractivity contribution in [3.63, 3.8) is 0 Å². The number of ether oxygens (including phenoxy) is 1. The summed E-state index contributed by atoms with van der Waals surface area (Å²) in [6.07, 6.45) is -1.07. The van der Waals surface area contributed by atoms with Crippen molar-refractivity contribution >= 4 is 39.5 Å². The van der Waals surface area contributed by atoms with Crippen LogP contribution < -0.4 is 11.1 Å². The van der Waals surface area contributed by atoms with Crippen LogP contribution >= 0.6 is 15.9 Å². The van der Waals surface area contributed by atoms with Crippen LogP contribution in [0.15, 0.2) is 22.7 Å². The minimum absolute atomic E-state index is 0.162. The Morgan fingerprint density at radius 3 is 2.81 bits per heavy atom. The summed E-state index contributed by atoms with van der Waals surface area (Å²) in [4.78, 5) is 36.5. The number of carbonyl (C=O) groups is 3. The molecule has 1 fully saturated rings. The van der Waals surface area contributed by atoms with Gasteiger partial charge in [0.1, 0.15) is 0 Å². The molecule has 3 N–H and O–H groups in total. The van der Waals surface area contributed by atoms with E-state index in [9.17, 15) is 14.4 Å². The molecule has 1 aliphatic rings. The average molecular weight is 356 g/mol. The summed E-state index contributed by atoms with van der Waals surface area (Å²) in [7, 11) is 0. The molecule has 1 saturated heterocycles. The maximum absolute atomic E-state index is 12.0. The number of nitrogens with zero attached hydrogens (tertiary/aromatic N) is 1. The molecule has 1 unspecified atom stereocenters. The predicted octanol–water partition coefficient (Wildman–Crippen LogP) is 1.13. The van der Waals surface area contributed by atoms with Crippen LogP contribution in [0.5, 0.6) is 0 Å². The van der Waals surface area contributed by atoms with Gasteiger partial charge in [-0.15, -0.1) is 0 Å². The molecule has 1 atom stereocenters. The van der Waals surface area contributed by atoms with E-state index in [0.29, 0.717) is 11.0 Å². The lowest BCUT2D eigenvalue weighted by Gasteiger charge is -2.18. The van der Waals surface area contributed by atoms with Crippen LogP contribution in [0.4, 0.5) is 10.5 Å². The number of hydrogen-bond donors (Lipinski definition) is 2. The first kappa shape index (κ1) is 15.3. The minimum Gasteiger partial charge on any atom is -0.449 e. The second kappa shape index (κ2) is 6.13. The number of amides is 3. The SMILES string of the molecule is CC(OC(=O)c1cc(Br)ccc1N)C(=O)N1CCNC1=O. The molecule has 1 aliphatic heterocycles. The molecule has 0 radical (unpaired) electrons. The first-order valence-corrected chi connectivity index (χ1v) is 7.04. The van der Waals surface area contributed by atoms with Crippen LogP contribution in [0, 0.1) is 0 Å². The molecule has 112 valence electrons. The molecule has 1 aromatic rings. The van der Waals surface area contributed by atoms with Gasteiger partial charge in [-0.1, -0.05) is 15.9 Å². The number of carbonyl (C=O) groups excluding carboxylic acids is 3. The fourth-order valence-corrected chi connectivity index (χ4v) is 2.24. The van der Waals surface area contributed by atoms with Crippen molar-refractivity contribution in [2.24, 2.45) is 0 Å². The van der Waals surface area contributed by atoms with E-state index in [0.717, 1.165) is 4.90 Å². The number of nitrogens with one attached hydrogen (secondary N) is 1. The molecule has 2 rings (SSSR count). The number of hydrogen-bond acceptors (Lipinski definition) is 5. The highest BCUT2D eigenvalue weighted by atomic mass is 79.9. The number of anilines is 1. The fraction of sp³-hybridized carbons (Fsp3) is 0.308. The van der Waals surface area contributed by atoms with Crippen molar-refractivity contribution in [3.05, 3.63) is 28.2 Å². The van der Waals surface area contributed by atoms with Crippen LogP contribution in [0.3, 0.4) is 0 Å². The average Bonchev–Trinajstić information content (AvgIpc) is 2.86. The van der Waals surface area contributed by atoms with Crippen molar-refractivity contribution in [1.82, 2.24) is 10.2 Å². The number of rotatable bonds is 3. The molecule has 7 nitrogen and oxygen atoms in total. The van der Waals surface area contributed by atoms with E-state index in [1.54, 1.807) is 12.1 Å². The Bertz CT molecular complexity index is 605. The van der Waals surface area contributed by atoms with Crippen molar-refractivity contribution in [2.75, 3.05) is 18.8 Å². The highest BCUT2D eigenvalue weighted by Crippen LogP contribution is 2.20.